The molecule has 4 nitrogen and oxygen atoms in total. The van der Waals surface area contributed by atoms with Gasteiger partial charge in [0.2, 0.25) is 0 Å². The van der Waals surface area contributed by atoms with E-state index in [1.807, 2.05) is 19.3 Å². The van der Waals surface area contributed by atoms with Crippen LogP contribution in [0.5, 0.6) is 0 Å². The van der Waals surface area contributed by atoms with Crippen LogP contribution >= 0.6 is 0 Å². The molecule has 3 heterocycles. The maximum atomic E-state index is 5.46. The monoisotopic (exact) mass is 275 g/mol. The lowest BCUT2D eigenvalue weighted by atomic mass is 9.92. The molecule has 1 aromatic heterocycles. The van der Waals surface area contributed by atoms with Crippen LogP contribution in [-0.2, 0) is 4.74 Å². The Bertz CT molecular complexity index is 431. The molecular formula is C16H25N3O. The van der Waals surface area contributed by atoms with Gasteiger partial charge in [-0.3, -0.25) is 9.97 Å². The second-order valence-corrected chi connectivity index (χ2v) is 6.24. The molecule has 1 unspecified atom stereocenters. The third-order valence-electron chi connectivity index (χ3n) is 4.55. The van der Waals surface area contributed by atoms with Gasteiger partial charge in [-0.25, -0.2) is 0 Å². The molecule has 110 valence electrons. The Morgan fingerprint density at radius 2 is 2.10 bits per heavy atom. The first-order valence-electron chi connectivity index (χ1n) is 7.90. The van der Waals surface area contributed by atoms with Gasteiger partial charge in [0.25, 0.3) is 0 Å². The molecule has 0 aliphatic carbocycles. The molecule has 2 aliphatic rings. The van der Waals surface area contributed by atoms with E-state index in [2.05, 4.69) is 14.9 Å². The van der Waals surface area contributed by atoms with Gasteiger partial charge in [0.1, 0.15) is 0 Å². The van der Waals surface area contributed by atoms with Crippen LogP contribution in [0.15, 0.2) is 12.4 Å². The van der Waals surface area contributed by atoms with Crippen LogP contribution in [0.25, 0.3) is 0 Å². The van der Waals surface area contributed by atoms with Crippen molar-refractivity contribution in [3.05, 3.63) is 23.8 Å². The standard InChI is InChI=1S/C16H25N3O/c1-13-9-17-10-16(18-13)15-3-2-6-19(12-15)11-14-4-7-20-8-5-14/h9-10,14-15H,2-8,11-12H2,1H3. The minimum atomic E-state index is 0.566. The van der Waals surface area contributed by atoms with Crippen molar-refractivity contribution in [1.82, 2.24) is 14.9 Å². The largest absolute Gasteiger partial charge is 0.381 e. The first kappa shape index (κ1) is 14.0. The Morgan fingerprint density at radius 1 is 1.25 bits per heavy atom. The van der Waals surface area contributed by atoms with Gasteiger partial charge in [-0.15, -0.1) is 0 Å². The third-order valence-corrected chi connectivity index (χ3v) is 4.55. The maximum Gasteiger partial charge on any atom is 0.0633 e. The van der Waals surface area contributed by atoms with E-state index in [-0.39, 0.29) is 0 Å². The number of hydrogen-bond acceptors (Lipinski definition) is 4. The van der Waals surface area contributed by atoms with Gasteiger partial charge in [0.15, 0.2) is 0 Å². The van der Waals surface area contributed by atoms with Gasteiger partial charge in [0.05, 0.1) is 11.4 Å². The summed E-state index contributed by atoms with van der Waals surface area (Å²) >= 11 is 0. The number of piperidine rings is 1. The Hall–Kier alpha value is -1.00. The number of hydrogen-bond donors (Lipinski definition) is 0. The molecule has 1 atom stereocenters. The van der Waals surface area contributed by atoms with Gasteiger partial charge < -0.3 is 9.64 Å². The lowest BCUT2D eigenvalue weighted by Gasteiger charge is -2.35. The fraction of sp³-hybridized carbons (Fsp3) is 0.750. The summed E-state index contributed by atoms with van der Waals surface area (Å²) in [5.41, 5.74) is 2.21. The molecule has 0 N–H and O–H groups in total. The Morgan fingerprint density at radius 3 is 2.90 bits per heavy atom. The Labute approximate surface area is 121 Å². The van der Waals surface area contributed by atoms with E-state index >= 15 is 0 Å². The molecule has 3 rings (SSSR count). The van der Waals surface area contributed by atoms with Gasteiger partial charge in [-0.05, 0) is 45.1 Å². The first-order valence-corrected chi connectivity index (χ1v) is 7.90. The number of aromatic nitrogens is 2. The van der Waals surface area contributed by atoms with Crippen LogP contribution in [0.2, 0.25) is 0 Å². The highest BCUT2D eigenvalue weighted by Crippen LogP contribution is 2.27. The van der Waals surface area contributed by atoms with E-state index in [9.17, 15) is 0 Å². The van der Waals surface area contributed by atoms with Crippen molar-refractivity contribution in [2.45, 2.75) is 38.5 Å². The number of aryl methyl sites for hydroxylation is 1. The molecule has 20 heavy (non-hydrogen) atoms. The third kappa shape index (κ3) is 3.55. The average Bonchev–Trinajstić information content (AvgIpc) is 2.49. The molecule has 0 radical (unpaired) electrons. The predicted molar refractivity (Wildman–Crippen MR) is 78.7 cm³/mol. The highest BCUT2D eigenvalue weighted by molar-refractivity contribution is 5.09. The van der Waals surface area contributed by atoms with E-state index in [1.54, 1.807) is 0 Å². The van der Waals surface area contributed by atoms with E-state index in [0.29, 0.717) is 5.92 Å². The van der Waals surface area contributed by atoms with Crippen molar-refractivity contribution in [3.63, 3.8) is 0 Å². The highest BCUT2D eigenvalue weighted by atomic mass is 16.5. The van der Waals surface area contributed by atoms with Crippen LogP contribution in [0.4, 0.5) is 0 Å². The van der Waals surface area contributed by atoms with E-state index in [4.69, 9.17) is 4.74 Å². The normalized spacial score (nSPS) is 25.8. The van der Waals surface area contributed by atoms with Crippen molar-refractivity contribution in [1.29, 1.82) is 0 Å². The molecule has 0 bridgehead atoms. The Kier molecular flexibility index (Phi) is 4.63. The lowest BCUT2D eigenvalue weighted by Crippen LogP contribution is -2.39. The van der Waals surface area contributed by atoms with Gasteiger partial charge in [-0.2, -0.15) is 0 Å². The molecule has 2 saturated heterocycles. The first-order chi connectivity index (χ1) is 9.81. The summed E-state index contributed by atoms with van der Waals surface area (Å²) in [5.74, 6) is 1.39. The second kappa shape index (κ2) is 6.64. The number of rotatable bonds is 3. The van der Waals surface area contributed by atoms with Crippen molar-refractivity contribution < 1.29 is 4.74 Å². The average molecular weight is 275 g/mol. The lowest BCUT2D eigenvalue weighted by molar-refractivity contribution is 0.0481. The molecule has 4 heteroatoms. The fourth-order valence-corrected chi connectivity index (χ4v) is 3.44. The summed E-state index contributed by atoms with van der Waals surface area (Å²) in [5, 5.41) is 0. The molecule has 0 aromatic carbocycles. The van der Waals surface area contributed by atoms with Gasteiger partial charge in [-0.1, -0.05) is 0 Å². The van der Waals surface area contributed by atoms with E-state index in [0.717, 1.165) is 31.4 Å². The zero-order chi connectivity index (χ0) is 13.8. The van der Waals surface area contributed by atoms with Crippen LogP contribution in [0.3, 0.4) is 0 Å². The number of nitrogens with zero attached hydrogens (tertiary/aromatic N) is 3. The second-order valence-electron chi connectivity index (χ2n) is 6.24. The maximum absolute atomic E-state index is 5.46. The van der Waals surface area contributed by atoms with Gasteiger partial charge in [0, 0.05) is 44.6 Å². The molecule has 0 amide bonds. The summed E-state index contributed by atoms with van der Waals surface area (Å²) in [4.78, 5) is 11.6. The van der Waals surface area contributed by atoms with Gasteiger partial charge >= 0.3 is 0 Å². The predicted octanol–water partition coefficient (Wildman–Crippen LogP) is 2.39. The quantitative estimate of drug-likeness (QED) is 0.849. The van der Waals surface area contributed by atoms with E-state index in [1.165, 1.54) is 44.5 Å². The fourth-order valence-electron chi connectivity index (χ4n) is 3.44. The van der Waals surface area contributed by atoms with Crippen molar-refractivity contribution in [2.75, 3.05) is 32.8 Å². The summed E-state index contributed by atoms with van der Waals surface area (Å²) in [7, 11) is 0. The molecule has 0 spiro atoms. The molecule has 1 aromatic rings. The summed E-state index contributed by atoms with van der Waals surface area (Å²) < 4.78 is 5.46. The zero-order valence-corrected chi connectivity index (χ0v) is 12.4. The smallest absolute Gasteiger partial charge is 0.0633 e. The summed E-state index contributed by atoms with van der Waals surface area (Å²) in [6, 6.07) is 0. The minimum Gasteiger partial charge on any atom is -0.381 e. The van der Waals surface area contributed by atoms with Crippen LogP contribution in [-0.4, -0.2) is 47.7 Å². The summed E-state index contributed by atoms with van der Waals surface area (Å²) in [6.07, 6.45) is 8.78. The highest BCUT2D eigenvalue weighted by Gasteiger charge is 2.25. The molecular weight excluding hydrogens is 250 g/mol. The minimum absolute atomic E-state index is 0.566. The summed E-state index contributed by atoms with van der Waals surface area (Å²) in [6.45, 7) is 7.55. The van der Waals surface area contributed by atoms with Crippen molar-refractivity contribution in [3.8, 4) is 0 Å². The molecule has 0 saturated carbocycles. The van der Waals surface area contributed by atoms with Crippen molar-refractivity contribution >= 4 is 0 Å². The molecule has 2 aliphatic heterocycles. The SMILES string of the molecule is Cc1cncc(C2CCCN(CC3CCOCC3)C2)n1. The topological polar surface area (TPSA) is 38.2 Å². The zero-order valence-electron chi connectivity index (χ0n) is 12.4. The number of ether oxygens (including phenoxy) is 1. The van der Waals surface area contributed by atoms with Crippen LogP contribution < -0.4 is 0 Å². The van der Waals surface area contributed by atoms with E-state index < -0.39 is 0 Å². The molecule has 2 fully saturated rings. The van der Waals surface area contributed by atoms with Crippen molar-refractivity contribution in [2.24, 2.45) is 5.92 Å². The number of likely N-dealkylation sites (tertiary alicyclic amines) is 1. The Balaban J connectivity index is 1.58. The van der Waals surface area contributed by atoms with Crippen LogP contribution in [0, 0.1) is 12.8 Å². The van der Waals surface area contributed by atoms with Crippen LogP contribution in [0.1, 0.15) is 43.0 Å².